The van der Waals surface area contributed by atoms with E-state index in [0.29, 0.717) is 0 Å². The summed E-state index contributed by atoms with van der Waals surface area (Å²) in [6.07, 6.45) is 0. The highest BCUT2D eigenvalue weighted by molar-refractivity contribution is 14.0. The smallest absolute Gasteiger partial charge is 0.191 e. The van der Waals surface area contributed by atoms with Crippen LogP contribution in [0.5, 0.6) is 0 Å². The third-order valence-corrected chi connectivity index (χ3v) is 4.34. The first-order valence-corrected chi connectivity index (χ1v) is 8.61. The van der Waals surface area contributed by atoms with E-state index in [1.54, 1.807) is 0 Å². The number of nitrogens with one attached hydrogen (secondary N) is 2. The van der Waals surface area contributed by atoms with E-state index in [1.807, 2.05) is 7.05 Å². The number of benzene rings is 1. The fourth-order valence-electron chi connectivity index (χ4n) is 2.71. The highest BCUT2D eigenvalue weighted by atomic mass is 127. The van der Waals surface area contributed by atoms with Crippen LogP contribution in [0.1, 0.15) is 11.1 Å². The van der Waals surface area contributed by atoms with Crippen molar-refractivity contribution in [1.29, 1.82) is 0 Å². The summed E-state index contributed by atoms with van der Waals surface area (Å²) in [7, 11) is 5.94. The van der Waals surface area contributed by atoms with Crippen LogP contribution in [0.15, 0.2) is 23.2 Å². The Morgan fingerprint density at radius 3 is 2.56 bits per heavy atom. The van der Waals surface area contributed by atoms with Gasteiger partial charge in [0.15, 0.2) is 5.96 Å². The molecule has 0 unspecified atom stereocenters. The molecular formula is C18H32IN5O. The number of aliphatic imine (C=N–C) groups is 1. The topological polar surface area (TPSA) is 52.1 Å². The van der Waals surface area contributed by atoms with Crippen LogP contribution in [-0.2, 0) is 11.3 Å². The molecule has 1 heterocycles. The Bertz CT molecular complexity index is 544. The van der Waals surface area contributed by atoms with E-state index in [4.69, 9.17) is 4.74 Å². The normalized spacial score (nSPS) is 15.4. The van der Waals surface area contributed by atoms with Crippen molar-refractivity contribution in [3.8, 4) is 0 Å². The number of hydrogen-bond acceptors (Lipinski definition) is 4. The summed E-state index contributed by atoms with van der Waals surface area (Å²) in [5.74, 6) is 0.847. The summed E-state index contributed by atoms with van der Waals surface area (Å²) in [6.45, 7) is 8.55. The summed E-state index contributed by atoms with van der Waals surface area (Å²) in [5.41, 5.74) is 3.80. The van der Waals surface area contributed by atoms with Crippen molar-refractivity contribution in [3.05, 3.63) is 29.3 Å². The van der Waals surface area contributed by atoms with Crippen molar-refractivity contribution >= 4 is 35.6 Å². The SMILES string of the molecule is CN=C(NCCN1CCOCC1)NCc1ccc(N(C)C)cc1C.I. The van der Waals surface area contributed by atoms with E-state index in [9.17, 15) is 0 Å². The molecule has 0 saturated carbocycles. The molecule has 0 amide bonds. The number of halogens is 1. The van der Waals surface area contributed by atoms with Crippen molar-refractivity contribution in [3.63, 3.8) is 0 Å². The first-order chi connectivity index (χ1) is 11.6. The van der Waals surface area contributed by atoms with Gasteiger partial charge in [0.2, 0.25) is 0 Å². The van der Waals surface area contributed by atoms with Crippen molar-refractivity contribution in [1.82, 2.24) is 15.5 Å². The Kier molecular flexibility index (Phi) is 10.1. The van der Waals surface area contributed by atoms with E-state index in [1.165, 1.54) is 16.8 Å². The molecule has 1 aliphatic heterocycles. The predicted molar refractivity (Wildman–Crippen MR) is 116 cm³/mol. The highest BCUT2D eigenvalue weighted by Gasteiger charge is 2.09. The van der Waals surface area contributed by atoms with Gasteiger partial charge in [-0.1, -0.05) is 6.07 Å². The Morgan fingerprint density at radius 2 is 1.96 bits per heavy atom. The third kappa shape index (κ3) is 7.37. The van der Waals surface area contributed by atoms with Crippen LogP contribution in [0.2, 0.25) is 0 Å². The molecule has 7 heteroatoms. The molecule has 2 N–H and O–H groups in total. The molecule has 1 saturated heterocycles. The Balaban J connectivity index is 0.00000312. The van der Waals surface area contributed by atoms with E-state index in [0.717, 1.165) is 51.9 Å². The lowest BCUT2D eigenvalue weighted by Crippen LogP contribution is -2.44. The van der Waals surface area contributed by atoms with Gasteiger partial charge in [0.25, 0.3) is 0 Å². The first-order valence-electron chi connectivity index (χ1n) is 8.61. The van der Waals surface area contributed by atoms with Crippen LogP contribution in [0.4, 0.5) is 5.69 Å². The summed E-state index contributed by atoms with van der Waals surface area (Å²) >= 11 is 0. The molecular weight excluding hydrogens is 429 g/mol. The first kappa shape index (κ1) is 22.0. The molecule has 0 atom stereocenters. The summed E-state index contributed by atoms with van der Waals surface area (Å²) in [6, 6.07) is 6.54. The maximum atomic E-state index is 5.37. The van der Waals surface area contributed by atoms with Gasteiger partial charge in [0.1, 0.15) is 0 Å². The number of guanidine groups is 1. The molecule has 0 spiro atoms. The van der Waals surface area contributed by atoms with E-state index >= 15 is 0 Å². The summed E-state index contributed by atoms with van der Waals surface area (Å²) in [5, 5.41) is 6.78. The number of rotatable bonds is 6. The minimum atomic E-state index is 0. The molecule has 0 bridgehead atoms. The van der Waals surface area contributed by atoms with Gasteiger partial charge in [0.05, 0.1) is 13.2 Å². The van der Waals surface area contributed by atoms with Crippen LogP contribution in [0.25, 0.3) is 0 Å². The zero-order valence-corrected chi connectivity index (χ0v) is 18.2. The quantitative estimate of drug-likeness (QED) is 0.384. The van der Waals surface area contributed by atoms with Crippen LogP contribution in [0, 0.1) is 6.92 Å². The van der Waals surface area contributed by atoms with E-state index < -0.39 is 0 Å². The Morgan fingerprint density at radius 1 is 1.24 bits per heavy atom. The van der Waals surface area contributed by atoms with Gasteiger partial charge in [-0.2, -0.15) is 0 Å². The molecule has 1 aliphatic rings. The molecule has 1 aromatic rings. The monoisotopic (exact) mass is 461 g/mol. The largest absolute Gasteiger partial charge is 0.379 e. The lowest BCUT2D eigenvalue weighted by molar-refractivity contribution is 0.0389. The average molecular weight is 461 g/mol. The van der Waals surface area contributed by atoms with Gasteiger partial charge >= 0.3 is 0 Å². The Labute approximate surface area is 169 Å². The second kappa shape index (κ2) is 11.5. The Hall–Kier alpha value is -1.06. The number of ether oxygens (including phenoxy) is 1. The number of aryl methyl sites for hydroxylation is 1. The van der Waals surface area contributed by atoms with Crippen molar-refractivity contribution in [2.75, 3.05) is 65.4 Å². The fourth-order valence-corrected chi connectivity index (χ4v) is 2.71. The van der Waals surface area contributed by atoms with Gasteiger partial charge in [0, 0.05) is 59.6 Å². The van der Waals surface area contributed by atoms with Gasteiger partial charge in [-0.05, 0) is 30.2 Å². The molecule has 25 heavy (non-hydrogen) atoms. The lowest BCUT2D eigenvalue weighted by Gasteiger charge is -2.26. The fraction of sp³-hybridized carbons (Fsp3) is 0.611. The standard InChI is InChI=1S/C18H31N5O.HI/c1-15-13-17(22(3)4)6-5-16(15)14-21-18(19-2)20-7-8-23-9-11-24-12-10-23;/h5-6,13H,7-12,14H2,1-4H3,(H2,19,20,21);1H. The molecule has 2 rings (SSSR count). The average Bonchev–Trinajstić information content (AvgIpc) is 2.59. The lowest BCUT2D eigenvalue weighted by atomic mass is 10.1. The maximum Gasteiger partial charge on any atom is 0.191 e. The molecule has 0 aliphatic carbocycles. The third-order valence-electron chi connectivity index (χ3n) is 4.34. The zero-order chi connectivity index (χ0) is 17.4. The number of hydrogen-bond donors (Lipinski definition) is 2. The van der Waals surface area contributed by atoms with E-state index in [2.05, 4.69) is 64.6 Å². The van der Waals surface area contributed by atoms with Crippen LogP contribution in [-0.4, -0.2) is 71.4 Å². The molecule has 0 radical (unpaired) electrons. The van der Waals surface area contributed by atoms with Gasteiger partial charge in [-0.25, -0.2) is 0 Å². The predicted octanol–water partition coefficient (Wildman–Crippen LogP) is 1.68. The number of morpholine rings is 1. The maximum absolute atomic E-state index is 5.37. The molecule has 1 aromatic carbocycles. The van der Waals surface area contributed by atoms with Crippen molar-refractivity contribution in [2.24, 2.45) is 4.99 Å². The zero-order valence-electron chi connectivity index (χ0n) is 15.8. The van der Waals surface area contributed by atoms with Gasteiger partial charge in [-0.3, -0.25) is 9.89 Å². The minimum Gasteiger partial charge on any atom is -0.379 e. The van der Waals surface area contributed by atoms with Crippen molar-refractivity contribution in [2.45, 2.75) is 13.5 Å². The van der Waals surface area contributed by atoms with Crippen LogP contribution >= 0.6 is 24.0 Å². The summed E-state index contributed by atoms with van der Waals surface area (Å²) < 4.78 is 5.37. The molecule has 1 fully saturated rings. The number of nitrogens with zero attached hydrogens (tertiary/aromatic N) is 3. The molecule has 0 aromatic heterocycles. The second-order valence-electron chi connectivity index (χ2n) is 6.31. The van der Waals surface area contributed by atoms with Gasteiger partial charge < -0.3 is 20.3 Å². The summed E-state index contributed by atoms with van der Waals surface area (Å²) in [4.78, 5) is 8.84. The van der Waals surface area contributed by atoms with E-state index in [-0.39, 0.29) is 24.0 Å². The molecule has 6 nitrogen and oxygen atoms in total. The minimum absolute atomic E-state index is 0. The van der Waals surface area contributed by atoms with Crippen LogP contribution < -0.4 is 15.5 Å². The second-order valence-corrected chi connectivity index (χ2v) is 6.31. The highest BCUT2D eigenvalue weighted by Crippen LogP contribution is 2.17. The number of anilines is 1. The van der Waals surface area contributed by atoms with Crippen molar-refractivity contribution < 1.29 is 4.74 Å². The van der Waals surface area contributed by atoms with Crippen LogP contribution in [0.3, 0.4) is 0 Å². The molecule has 142 valence electrons. The van der Waals surface area contributed by atoms with Gasteiger partial charge in [-0.15, -0.1) is 24.0 Å².